The number of ether oxygens (including phenoxy) is 7. The van der Waals surface area contributed by atoms with Crippen molar-refractivity contribution in [3.63, 3.8) is 0 Å². The van der Waals surface area contributed by atoms with E-state index in [1.54, 1.807) is 48.5 Å². The molecule has 56 heavy (non-hydrogen) atoms. The number of carbonyl (C=O) groups excluding carboxylic acids is 2. The fourth-order valence-electron chi connectivity index (χ4n) is 9.04. The molecule has 5 N–H and O–H groups in total. The lowest BCUT2D eigenvalue weighted by Gasteiger charge is -2.49. The van der Waals surface area contributed by atoms with Crippen LogP contribution in [0.2, 0.25) is 0 Å². The van der Waals surface area contributed by atoms with Crippen LogP contribution in [0, 0.1) is 17.8 Å². The fourth-order valence-corrected chi connectivity index (χ4v) is 9.04. The molecule has 3 heterocycles. The molecule has 16 nitrogen and oxygen atoms in total. The first-order chi connectivity index (χ1) is 25.8. The van der Waals surface area contributed by atoms with Gasteiger partial charge in [-0.25, -0.2) is 4.79 Å². The van der Waals surface area contributed by atoms with Crippen molar-refractivity contribution in [3.05, 3.63) is 0 Å². The average molecular weight is 807 g/mol. The van der Waals surface area contributed by atoms with Crippen molar-refractivity contribution in [3.8, 4) is 0 Å². The van der Waals surface area contributed by atoms with Crippen LogP contribution in [0.5, 0.6) is 0 Å². The largest absolute Gasteiger partial charge is 0.459 e. The fraction of sp³-hybridized carbons (Fsp3) is 0.950. The maximum Gasteiger partial charge on any atom is 0.332 e. The number of hydrogen-bond donors (Lipinski definition) is 5. The first-order valence-electron chi connectivity index (χ1n) is 20.2. The highest BCUT2D eigenvalue weighted by molar-refractivity contribution is 5.73. The Bertz CT molecular complexity index is 1270. The smallest absolute Gasteiger partial charge is 0.332 e. The molecule has 4 unspecified atom stereocenters. The topological polar surface area (TPSA) is 206 Å². The summed E-state index contributed by atoms with van der Waals surface area (Å²) in [6, 6.07) is -0.954. The molecule has 16 heteroatoms. The number of aliphatic hydroxyl groups excluding tert-OH is 3. The summed E-state index contributed by atoms with van der Waals surface area (Å²) < 4.78 is 43.6. The van der Waals surface area contributed by atoms with Gasteiger partial charge in [0.1, 0.15) is 30.5 Å². The van der Waals surface area contributed by atoms with E-state index in [1.807, 2.05) is 44.8 Å². The third kappa shape index (κ3) is 11.2. The summed E-state index contributed by atoms with van der Waals surface area (Å²) in [4.78, 5) is 30.7. The van der Waals surface area contributed by atoms with E-state index < -0.39 is 109 Å². The van der Waals surface area contributed by atoms with Crippen LogP contribution in [0.25, 0.3) is 0 Å². The lowest BCUT2D eigenvalue weighted by Crippen LogP contribution is -2.61. The van der Waals surface area contributed by atoms with Crippen molar-refractivity contribution in [1.29, 1.82) is 0 Å². The van der Waals surface area contributed by atoms with E-state index >= 15 is 0 Å². The molecule has 0 radical (unpaired) electrons. The maximum absolute atomic E-state index is 14.3. The van der Waals surface area contributed by atoms with E-state index in [9.17, 15) is 35.1 Å². The van der Waals surface area contributed by atoms with Crippen LogP contribution in [0.4, 0.5) is 0 Å². The minimum atomic E-state index is -1.84. The van der Waals surface area contributed by atoms with Crippen molar-refractivity contribution in [2.45, 2.75) is 185 Å². The number of hydrogen-bond acceptors (Lipinski definition) is 16. The van der Waals surface area contributed by atoms with Gasteiger partial charge in [0.15, 0.2) is 18.7 Å². The maximum atomic E-state index is 14.3. The first-order valence-corrected chi connectivity index (χ1v) is 20.2. The Balaban J connectivity index is 2.23. The van der Waals surface area contributed by atoms with Crippen LogP contribution in [0.15, 0.2) is 0 Å². The Kier molecular flexibility index (Phi) is 17.2. The summed E-state index contributed by atoms with van der Waals surface area (Å²) >= 11 is 0. The molecule has 0 saturated carbocycles. The summed E-state index contributed by atoms with van der Waals surface area (Å²) in [6.07, 6.45) is -8.97. The van der Waals surface area contributed by atoms with E-state index in [0.29, 0.717) is 13.0 Å². The zero-order chi connectivity index (χ0) is 42.7. The van der Waals surface area contributed by atoms with Crippen LogP contribution in [-0.4, -0.2) is 179 Å². The molecule has 3 fully saturated rings. The SMILES string of the molecule is CC[C@H]1OC(=O)[C@H](C)[C@@H](O[C@H]2C[C@@](C)(OC)[C@@H](O)[C@H](C)O2)[C@H](C)[C@@H](OC2OC(C)CC(N(C)C)C2OC(=O)CO)[C@](C)(O)C[C@@H](C)CN(C)[C@H](C)[C@@H](O)[C@]1(C)O. The van der Waals surface area contributed by atoms with Crippen LogP contribution >= 0.6 is 0 Å². The average Bonchev–Trinajstić information content (AvgIpc) is 3.12. The van der Waals surface area contributed by atoms with Gasteiger partial charge in [0.2, 0.25) is 0 Å². The zero-order valence-corrected chi connectivity index (χ0v) is 36.2. The Morgan fingerprint density at radius 3 is 2.14 bits per heavy atom. The summed E-state index contributed by atoms with van der Waals surface area (Å²) in [7, 11) is 6.99. The Morgan fingerprint density at radius 2 is 1.59 bits per heavy atom. The van der Waals surface area contributed by atoms with Crippen molar-refractivity contribution in [2.24, 2.45) is 17.8 Å². The highest BCUT2D eigenvalue weighted by Gasteiger charge is 2.53. The minimum Gasteiger partial charge on any atom is -0.459 e. The third-order valence-corrected chi connectivity index (χ3v) is 12.6. The molecule has 0 aliphatic carbocycles. The molecule has 3 aliphatic heterocycles. The number of nitrogens with zero attached hydrogens (tertiary/aromatic N) is 2. The van der Waals surface area contributed by atoms with Crippen molar-refractivity contribution in [2.75, 3.05) is 41.4 Å². The molecule has 0 bridgehead atoms. The molecule has 328 valence electrons. The third-order valence-electron chi connectivity index (χ3n) is 12.6. The van der Waals surface area contributed by atoms with Gasteiger partial charge in [-0.05, 0) is 94.8 Å². The zero-order valence-electron chi connectivity index (χ0n) is 36.2. The normalized spacial score (nSPS) is 46.8. The minimum absolute atomic E-state index is 0.0919. The molecule has 0 aromatic heterocycles. The van der Waals surface area contributed by atoms with Crippen molar-refractivity contribution >= 4 is 11.9 Å². The molecular weight excluding hydrogens is 732 g/mol. The van der Waals surface area contributed by atoms with E-state index in [4.69, 9.17) is 33.2 Å². The highest BCUT2D eigenvalue weighted by Crippen LogP contribution is 2.40. The number of cyclic esters (lactones) is 1. The summed E-state index contributed by atoms with van der Waals surface area (Å²) in [6.45, 7) is 16.9. The van der Waals surface area contributed by atoms with Gasteiger partial charge in [-0.1, -0.05) is 20.8 Å². The lowest BCUT2D eigenvalue weighted by molar-refractivity contribution is -0.319. The number of likely N-dealkylation sites (N-methyl/N-ethyl adjacent to an activating group) is 2. The molecular formula is C40H74N2O14. The second-order valence-corrected chi connectivity index (χ2v) is 17.8. The Morgan fingerprint density at radius 1 is 0.964 bits per heavy atom. The molecule has 3 saturated heterocycles. The second kappa shape index (κ2) is 19.7. The first kappa shape index (κ1) is 48.8. The van der Waals surface area contributed by atoms with Gasteiger partial charge in [0.05, 0.1) is 47.6 Å². The molecule has 0 spiro atoms. The van der Waals surface area contributed by atoms with Gasteiger partial charge in [0, 0.05) is 32.0 Å². The van der Waals surface area contributed by atoms with E-state index in [0.717, 1.165) is 0 Å². The molecule has 18 atom stereocenters. The predicted molar refractivity (Wildman–Crippen MR) is 205 cm³/mol. The van der Waals surface area contributed by atoms with E-state index in [1.165, 1.54) is 14.0 Å². The second-order valence-electron chi connectivity index (χ2n) is 17.8. The Labute approximate surface area is 334 Å². The van der Waals surface area contributed by atoms with Gasteiger partial charge in [-0.3, -0.25) is 4.79 Å². The quantitative estimate of drug-likeness (QED) is 0.209. The van der Waals surface area contributed by atoms with Crippen LogP contribution in [0.1, 0.15) is 94.9 Å². The molecule has 0 aromatic carbocycles. The Hall–Kier alpha value is -1.54. The van der Waals surface area contributed by atoms with Crippen molar-refractivity contribution < 1.29 is 68.3 Å². The highest BCUT2D eigenvalue weighted by atomic mass is 16.7. The molecule has 0 aromatic rings. The number of rotatable bonds is 9. The number of aliphatic hydroxyl groups is 5. The molecule has 3 rings (SSSR count). The van der Waals surface area contributed by atoms with Crippen molar-refractivity contribution in [1.82, 2.24) is 9.80 Å². The number of methoxy groups -OCH3 is 1. The van der Waals surface area contributed by atoms with Crippen LogP contribution < -0.4 is 0 Å². The van der Waals surface area contributed by atoms with Gasteiger partial charge in [-0.15, -0.1) is 0 Å². The van der Waals surface area contributed by atoms with Gasteiger partial charge < -0.3 is 68.5 Å². The van der Waals surface area contributed by atoms with E-state index in [2.05, 4.69) is 0 Å². The molecule has 0 amide bonds. The van der Waals surface area contributed by atoms with E-state index in [-0.39, 0.29) is 37.3 Å². The monoisotopic (exact) mass is 807 g/mol. The predicted octanol–water partition coefficient (Wildman–Crippen LogP) is 1.44. The standard InChI is InChI=1S/C40H74N2O14/c1-15-28-40(10,49)33(45)25(6)42(13)19-21(2)17-38(8,48)35(56-37-32(54-29(44)20-43)27(41(11)12)16-22(3)51-37)23(4)31(24(5)36(47)53-28)55-30-18-39(9,50-14)34(46)26(7)52-30/h21-28,30-35,37,43,45-46,48-49H,15-20H2,1-14H3/t21-,22?,23+,24-,25-,26+,27?,28-,30+,31+,32?,33-,34+,35-,37?,38-,39-,40-/m1/s1. The van der Waals surface area contributed by atoms with Crippen LogP contribution in [-0.2, 0) is 42.7 Å². The van der Waals surface area contributed by atoms with Gasteiger partial charge in [-0.2, -0.15) is 0 Å². The van der Waals surface area contributed by atoms with Crippen LogP contribution in [0.3, 0.4) is 0 Å². The summed E-state index contributed by atoms with van der Waals surface area (Å²) in [5.41, 5.74) is -4.54. The van der Waals surface area contributed by atoms with Gasteiger partial charge in [0.25, 0.3) is 0 Å². The lowest BCUT2D eigenvalue weighted by atomic mass is 9.77. The molecule has 3 aliphatic rings. The number of esters is 2. The van der Waals surface area contributed by atoms with Gasteiger partial charge >= 0.3 is 11.9 Å². The summed E-state index contributed by atoms with van der Waals surface area (Å²) in [5, 5.41) is 56.6. The summed E-state index contributed by atoms with van der Waals surface area (Å²) in [5.74, 6) is -3.70. The number of carbonyl (C=O) groups is 2.